The van der Waals surface area contributed by atoms with Crippen LogP contribution in [0.1, 0.15) is 31.2 Å². The molecule has 0 radical (unpaired) electrons. The summed E-state index contributed by atoms with van der Waals surface area (Å²) in [6.07, 6.45) is 1.40. The highest BCUT2D eigenvalue weighted by atomic mass is 16.3. The van der Waals surface area contributed by atoms with Crippen LogP contribution in [-0.4, -0.2) is 11.7 Å². The summed E-state index contributed by atoms with van der Waals surface area (Å²) in [7, 11) is 0. The monoisotopic (exact) mass is 203 g/mol. The first-order valence-electron chi connectivity index (χ1n) is 5.33. The molecule has 1 aromatic rings. The Morgan fingerprint density at radius 1 is 1.33 bits per heavy atom. The van der Waals surface area contributed by atoms with Crippen molar-refractivity contribution < 1.29 is 5.11 Å². The van der Waals surface area contributed by atoms with E-state index in [0.717, 1.165) is 6.42 Å². The molecule has 0 amide bonds. The molecular formula is C13H17NO. The number of nitrogens with zero attached hydrogens (tertiary/aromatic N) is 1. The molecule has 0 saturated carbocycles. The van der Waals surface area contributed by atoms with E-state index in [1.807, 2.05) is 18.2 Å². The summed E-state index contributed by atoms with van der Waals surface area (Å²) in [6.45, 7) is 2.22. The first kappa shape index (κ1) is 11.7. The van der Waals surface area contributed by atoms with Gasteiger partial charge in [0, 0.05) is 12.5 Å². The lowest BCUT2D eigenvalue weighted by Crippen LogP contribution is -2.05. The average Bonchev–Trinajstić information content (AvgIpc) is 2.29. The number of aliphatic hydroxyl groups is 1. The Labute approximate surface area is 91.2 Å². The summed E-state index contributed by atoms with van der Waals surface area (Å²) >= 11 is 0. The number of hydrogen-bond donors (Lipinski definition) is 1. The number of nitriles is 1. The zero-order chi connectivity index (χ0) is 11.1. The van der Waals surface area contributed by atoms with Crippen molar-refractivity contribution in [3.63, 3.8) is 0 Å². The Hall–Kier alpha value is -1.33. The zero-order valence-corrected chi connectivity index (χ0v) is 9.06. The smallest absolute Gasteiger partial charge is 0.0656 e. The van der Waals surface area contributed by atoms with E-state index < -0.39 is 0 Å². The van der Waals surface area contributed by atoms with Gasteiger partial charge in [-0.3, -0.25) is 0 Å². The molecule has 0 aliphatic heterocycles. The maximum absolute atomic E-state index is 8.89. The second-order valence-corrected chi connectivity index (χ2v) is 3.89. The van der Waals surface area contributed by atoms with Crippen LogP contribution in [0.3, 0.4) is 0 Å². The lowest BCUT2D eigenvalue weighted by Gasteiger charge is -2.14. The maximum atomic E-state index is 8.89. The minimum atomic E-state index is -0.0368. The van der Waals surface area contributed by atoms with Crippen LogP contribution in [0.5, 0.6) is 0 Å². The number of aliphatic hydroxyl groups excluding tert-OH is 1. The first-order valence-corrected chi connectivity index (χ1v) is 5.33. The van der Waals surface area contributed by atoms with Crippen molar-refractivity contribution in [3.05, 3.63) is 35.9 Å². The number of benzene rings is 1. The molecule has 1 N–H and O–H groups in total. The van der Waals surface area contributed by atoms with Gasteiger partial charge in [0.1, 0.15) is 0 Å². The highest BCUT2D eigenvalue weighted by Gasteiger charge is 2.13. The Morgan fingerprint density at radius 3 is 2.53 bits per heavy atom. The molecule has 0 aliphatic rings. The summed E-state index contributed by atoms with van der Waals surface area (Å²) in [4.78, 5) is 0. The average molecular weight is 203 g/mol. The van der Waals surface area contributed by atoms with E-state index in [1.165, 1.54) is 5.56 Å². The molecule has 0 spiro atoms. The Bertz CT molecular complexity index is 315. The first-order chi connectivity index (χ1) is 7.27. The second-order valence-electron chi connectivity index (χ2n) is 3.89. The highest BCUT2D eigenvalue weighted by Crippen LogP contribution is 2.24. The molecule has 0 fully saturated rings. The SMILES string of the molecule is CC(CC(C#N)CCO)c1ccccc1. The fraction of sp³-hybridized carbons (Fsp3) is 0.462. The fourth-order valence-electron chi connectivity index (χ4n) is 1.74. The number of hydrogen-bond acceptors (Lipinski definition) is 2. The van der Waals surface area contributed by atoms with Crippen molar-refractivity contribution in [3.8, 4) is 6.07 Å². The standard InChI is InChI=1S/C13H17NO/c1-11(9-12(10-14)7-8-15)13-5-3-2-4-6-13/h2-6,11-12,15H,7-9H2,1H3. The second kappa shape index (κ2) is 6.21. The summed E-state index contributed by atoms with van der Waals surface area (Å²) in [5, 5.41) is 17.7. The van der Waals surface area contributed by atoms with Crippen molar-refractivity contribution >= 4 is 0 Å². The predicted octanol–water partition coefficient (Wildman–Crippen LogP) is 2.70. The van der Waals surface area contributed by atoms with Gasteiger partial charge in [0.2, 0.25) is 0 Å². The zero-order valence-electron chi connectivity index (χ0n) is 9.06. The Kier molecular flexibility index (Phi) is 4.86. The topological polar surface area (TPSA) is 44.0 Å². The molecule has 80 valence electrons. The summed E-state index contributed by atoms with van der Waals surface area (Å²) < 4.78 is 0. The Morgan fingerprint density at radius 2 is 2.00 bits per heavy atom. The minimum absolute atomic E-state index is 0.0368. The molecule has 2 atom stereocenters. The summed E-state index contributed by atoms with van der Waals surface area (Å²) in [5.41, 5.74) is 1.26. The van der Waals surface area contributed by atoms with Gasteiger partial charge in [-0.1, -0.05) is 37.3 Å². The van der Waals surface area contributed by atoms with Crippen molar-refractivity contribution in [1.29, 1.82) is 5.26 Å². The lowest BCUT2D eigenvalue weighted by molar-refractivity contribution is 0.265. The van der Waals surface area contributed by atoms with E-state index in [1.54, 1.807) is 0 Å². The van der Waals surface area contributed by atoms with Gasteiger partial charge in [-0.25, -0.2) is 0 Å². The number of rotatable bonds is 5. The van der Waals surface area contributed by atoms with Crippen LogP contribution in [0.4, 0.5) is 0 Å². The third-order valence-corrected chi connectivity index (χ3v) is 2.67. The molecule has 0 aromatic heterocycles. The molecule has 15 heavy (non-hydrogen) atoms. The van der Waals surface area contributed by atoms with Gasteiger partial charge in [0.15, 0.2) is 0 Å². The van der Waals surface area contributed by atoms with Gasteiger partial charge in [0.05, 0.1) is 6.07 Å². The summed E-state index contributed by atoms with van der Waals surface area (Å²) in [5.74, 6) is 0.340. The van der Waals surface area contributed by atoms with Crippen LogP contribution in [-0.2, 0) is 0 Å². The quantitative estimate of drug-likeness (QED) is 0.799. The molecule has 1 aromatic carbocycles. The molecule has 1 rings (SSSR count). The maximum Gasteiger partial charge on any atom is 0.0656 e. The van der Waals surface area contributed by atoms with Crippen LogP contribution in [0.15, 0.2) is 30.3 Å². The van der Waals surface area contributed by atoms with E-state index in [-0.39, 0.29) is 12.5 Å². The normalized spacial score (nSPS) is 14.2. The molecule has 0 heterocycles. The molecule has 2 nitrogen and oxygen atoms in total. The van der Waals surface area contributed by atoms with E-state index in [4.69, 9.17) is 10.4 Å². The van der Waals surface area contributed by atoms with Crippen LogP contribution < -0.4 is 0 Å². The van der Waals surface area contributed by atoms with Gasteiger partial charge in [-0.15, -0.1) is 0 Å². The van der Waals surface area contributed by atoms with Crippen molar-refractivity contribution in [2.45, 2.75) is 25.7 Å². The third-order valence-electron chi connectivity index (χ3n) is 2.67. The lowest BCUT2D eigenvalue weighted by atomic mass is 9.89. The van der Waals surface area contributed by atoms with Crippen molar-refractivity contribution in [2.24, 2.45) is 5.92 Å². The third kappa shape index (κ3) is 3.73. The van der Waals surface area contributed by atoms with E-state index in [9.17, 15) is 0 Å². The fourth-order valence-corrected chi connectivity index (χ4v) is 1.74. The van der Waals surface area contributed by atoms with E-state index >= 15 is 0 Å². The van der Waals surface area contributed by atoms with Gasteiger partial charge < -0.3 is 5.11 Å². The van der Waals surface area contributed by atoms with E-state index in [2.05, 4.69) is 25.1 Å². The van der Waals surface area contributed by atoms with Crippen LogP contribution in [0.25, 0.3) is 0 Å². The molecule has 0 saturated heterocycles. The van der Waals surface area contributed by atoms with Gasteiger partial charge in [-0.2, -0.15) is 5.26 Å². The van der Waals surface area contributed by atoms with Crippen LogP contribution in [0.2, 0.25) is 0 Å². The van der Waals surface area contributed by atoms with Crippen LogP contribution in [0, 0.1) is 17.2 Å². The van der Waals surface area contributed by atoms with Crippen molar-refractivity contribution in [2.75, 3.05) is 6.61 Å². The Balaban J connectivity index is 2.55. The molecule has 0 bridgehead atoms. The van der Waals surface area contributed by atoms with Crippen molar-refractivity contribution in [1.82, 2.24) is 0 Å². The van der Waals surface area contributed by atoms with Crippen LogP contribution >= 0.6 is 0 Å². The largest absolute Gasteiger partial charge is 0.396 e. The molecule has 2 heteroatoms. The molecule has 0 aliphatic carbocycles. The highest BCUT2D eigenvalue weighted by molar-refractivity contribution is 5.19. The molecular weight excluding hydrogens is 186 g/mol. The van der Waals surface area contributed by atoms with Gasteiger partial charge in [-0.05, 0) is 24.3 Å². The summed E-state index contributed by atoms with van der Waals surface area (Å²) in [6, 6.07) is 12.4. The van der Waals surface area contributed by atoms with Gasteiger partial charge >= 0.3 is 0 Å². The minimum Gasteiger partial charge on any atom is -0.396 e. The van der Waals surface area contributed by atoms with E-state index in [0.29, 0.717) is 12.3 Å². The van der Waals surface area contributed by atoms with Gasteiger partial charge in [0.25, 0.3) is 0 Å². The molecule has 2 unspecified atom stereocenters. The predicted molar refractivity (Wildman–Crippen MR) is 60.3 cm³/mol.